The second kappa shape index (κ2) is 8.86. The molecule has 1 aliphatic heterocycles. The molecule has 1 aromatic carbocycles. The summed E-state index contributed by atoms with van der Waals surface area (Å²) in [6.45, 7) is 10.1. The number of piperidine rings is 1. The number of rotatable bonds is 4. The van der Waals surface area contributed by atoms with Crippen molar-refractivity contribution in [1.82, 2.24) is 10.2 Å². The first-order valence-electron chi connectivity index (χ1n) is 10.1. The molecule has 30 heavy (non-hydrogen) atoms. The van der Waals surface area contributed by atoms with Crippen LogP contribution in [-0.4, -0.2) is 42.1 Å². The van der Waals surface area contributed by atoms with Crippen molar-refractivity contribution in [3.05, 3.63) is 35.4 Å². The molecule has 2 rings (SSSR count). The number of likely N-dealkylation sites (tertiary alicyclic amines) is 1. The van der Waals surface area contributed by atoms with Crippen LogP contribution in [0.1, 0.15) is 58.6 Å². The van der Waals surface area contributed by atoms with Gasteiger partial charge in [-0.2, -0.15) is 13.2 Å². The van der Waals surface area contributed by atoms with Gasteiger partial charge in [-0.3, -0.25) is 4.79 Å². The van der Waals surface area contributed by atoms with Crippen LogP contribution in [0, 0.1) is 5.92 Å². The number of benzene rings is 1. The van der Waals surface area contributed by atoms with Crippen molar-refractivity contribution in [2.24, 2.45) is 5.92 Å². The third-order valence-corrected chi connectivity index (χ3v) is 5.20. The fraction of sp³-hybridized carbons (Fsp3) is 0.636. The summed E-state index contributed by atoms with van der Waals surface area (Å²) in [6.07, 6.45) is -3.18. The van der Waals surface area contributed by atoms with Gasteiger partial charge in [0.2, 0.25) is 5.91 Å². The van der Waals surface area contributed by atoms with Gasteiger partial charge in [-0.05, 0) is 65.0 Å². The SMILES string of the molecule is CC(C)(C)OC(=O)N1CCCC(CNC(=O)C(C)(C)c2cccc(C(F)(F)F)c2)C1. The van der Waals surface area contributed by atoms with Crippen molar-refractivity contribution in [1.29, 1.82) is 0 Å². The second-order valence-corrected chi connectivity index (χ2v) is 9.35. The molecule has 168 valence electrons. The summed E-state index contributed by atoms with van der Waals surface area (Å²) in [6, 6.07) is 4.85. The highest BCUT2D eigenvalue weighted by Crippen LogP contribution is 2.33. The maximum absolute atomic E-state index is 13.0. The molecule has 1 heterocycles. The maximum Gasteiger partial charge on any atom is 0.416 e. The topological polar surface area (TPSA) is 58.6 Å². The molecule has 0 spiro atoms. The van der Waals surface area contributed by atoms with Crippen LogP contribution in [0.2, 0.25) is 0 Å². The quantitative estimate of drug-likeness (QED) is 0.753. The molecule has 1 aliphatic rings. The summed E-state index contributed by atoms with van der Waals surface area (Å²) >= 11 is 0. The van der Waals surface area contributed by atoms with Gasteiger partial charge in [-0.25, -0.2) is 4.79 Å². The number of alkyl halides is 3. The Labute approximate surface area is 176 Å². The average Bonchev–Trinajstić information content (AvgIpc) is 2.64. The molecule has 1 atom stereocenters. The van der Waals surface area contributed by atoms with Crippen molar-refractivity contribution < 1.29 is 27.5 Å². The molecule has 5 nitrogen and oxygen atoms in total. The van der Waals surface area contributed by atoms with Crippen LogP contribution in [0.15, 0.2) is 24.3 Å². The van der Waals surface area contributed by atoms with E-state index < -0.39 is 22.8 Å². The molecule has 0 saturated carbocycles. The number of amides is 2. The molecule has 1 unspecified atom stereocenters. The van der Waals surface area contributed by atoms with Gasteiger partial charge in [-0.1, -0.05) is 18.2 Å². The number of halogens is 3. The largest absolute Gasteiger partial charge is 0.444 e. The first-order valence-corrected chi connectivity index (χ1v) is 10.1. The van der Waals surface area contributed by atoms with E-state index in [1.807, 2.05) is 20.8 Å². The molecule has 0 radical (unpaired) electrons. The molecule has 0 bridgehead atoms. The molecule has 1 saturated heterocycles. The third kappa shape index (κ3) is 6.37. The minimum absolute atomic E-state index is 0.0625. The minimum Gasteiger partial charge on any atom is -0.444 e. The van der Waals surface area contributed by atoms with Gasteiger partial charge in [0.1, 0.15) is 5.60 Å². The summed E-state index contributed by atoms with van der Waals surface area (Å²) in [5.74, 6) is -0.288. The van der Waals surface area contributed by atoms with Gasteiger partial charge in [0.05, 0.1) is 11.0 Å². The second-order valence-electron chi connectivity index (χ2n) is 9.35. The monoisotopic (exact) mass is 428 g/mol. The summed E-state index contributed by atoms with van der Waals surface area (Å²) in [5.41, 5.74) is -2.18. The molecule has 0 aromatic heterocycles. The Morgan fingerprint density at radius 1 is 1.13 bits per heavy atom. The van der Waals surface area contributed by atoms with Crippen molar-refractivity contribution in [2.75, 3.05) is 19.6 Å². The highest BCUT2D eigenvalue weighted by molar-refractivity contribution is 5.87. The number of hydrogen-bond acceptors (Lipinski definition) is 3. The Morgan fingerprint density at radius 3 is 2.37 bits per heavy atom. The highest BCUT2D eigenvalue weighted by Gasteiger charge is 2.35. The van der Waals surface area contributed by atoms with Gasteiger partial charge in [0.15, 0.2) is 0 Å². The number of hydrogen-bond donors (Lipinski definition) is 1. The Kier molecular flexibility index (Phi) is 7.09. The summed E-state index contributed by atoms with van der Waals surface area (Å²) in [7, 11) is 0. The normalized spacial score (nSPS) is 18.1. The zero-order valence-electron chi connectivity index (χ0n) is 18.2. The van der Waals surface area contributed by atoms with Gasteiger partial charge in [0.25, 0.3) is 0 Å². The molecule has 1 aromatic rings. The van der Waals surface area contributed by atoms with Crippen LogP contribution in [0.5, 0.6) is 0 Å². The van der Waals surface area contributed by atoms with E-state index >= 15 is 0 Å². The van der Waals surface area contributed by atoms with E-state index in [9.17, 15) is 22.8 Å². The number of carbonyl (C=O) groups is 2. The summed E-state index contributed by atoms with van der Waals surface area (Å²) in [4.78, 5) is 26.7. The van der Waals surface area contributed by atoms with E-state index in [2.05, 4.69) is 5.32 Å². The minimum atomic E-state index is -4.46. The Hall–Kier alpha value is -2.25. The van der Waals surface area contributed by atoms with Gasteiger partial charge < -0.3 is 15.0 Å². The summed E-state index contributed by atoms with van der Waals surface area (Å²) in [5, 5.41) is 2.86. The van der Waals surface area contributed by atoms with Crippen molar-refractivity contribution in [2.45, 2.75) is 64.7 Å². The lowest BCUT2D eigenvalue weighted by Gasteiger charge is -2.34. The Balaban J connectivity index is 1.98. The van der Waals surface area contributed by atoms with Gasteiger partial charge in [-0.15, -0.1) is 0 Å². The van der Waals surface area contributed by atoms with Crippen LogP contribution >= 0.6 is 0 Å². The predicted octanol–water partition coefficient (Wildman–Crippen LogP) is 4.75. The van der Waals surface area contributed by atoms with E-state index in [-0.39, 0.29) is 17.9 Å². The Bertz CT molecular complexity index is 770. The molecular formula is C22H31F3N2O3. The number of nitrogens with zero attached hydrogens (tertiary/aromatic N) is 1. The number of nitrogens with one attached hydrogen (secondary N) is 1. The first-order chi connectivity index (χ1) is 13.7. The molecule has 8 heteroatoms. The van der Waals surface area contributed by atoms with Crippen molar-refractivity contribution >= 4 is 12.0 Å². The zero-order chi connectivity index (χ0) is 22.7. The van der Waals surface area contributed by atoms with Crippen LogP contribution in [0.4, 0.5) is 18.0 Å². The number of ether oxygens (including phenoxy) is 1. The van der Waals surface area contributed by atoms with Crippen molar-refractivity contribution in [3.63, 3.8) is 0 Å². The van der Waals surface area contributed by atoms with E-state index in [0.29, 0.717) is 25.2 Å². The van der Waals surface area contributed by atoms with Crippen LogP contribution in [0.25, 0.3) is 0 Å². The zero-order valence-corrected chi connectivity index (χ0v) is 18.2. The van der Waals surface area contributed by atoms with Gasteiger partial charge in [0, 0.05) is 19.6 Å². The maximum atomic E-state index is 13.0. The highest BCUT2D eigenvalue weighted by atomic mass is 19.4. The Morgan fingerprint density at radius 2 is 1.77 bits per heavy atom. The molecule has 0 aliphatic carbocycles. The lowest BCUT2D eigenvalue weighted by molar-refractivity contribution is -0.138. The molecule has 2 amide bonds. The lowest BCUT2D eigenvalue weighted by Crippen LogP contribution is -2.47. The van der Waals surface area contributed by atoms with Crippen molar-refractivity contribution in [3.8, 4) is 0 Å². The van der Waals surface area contributed by atoms with E-state index in [4.69, 9.17) is 4.74 Å². The summed E-state index contributed by atoms with van der Waals surface area (Å²) < 4.78 is 44.4. The number of carbonyl (C=O) groups excluding carboxylic acids is 2. The lowest BCUT2D eigenvalue weighted by atomic mass is 9.82. The molecule has 1 N–H and O–H groups in total. The van der Waals surface area contributed by atoms with Gasteiger partial charge >= 0.3 is 12.3 Å². The fourth-order valence-corrected chi connectivity index (χ4v) is 3.40. The third-order valence-electron chi connectivity index (χ3n) is 5.20. The van der Waals surface area contributed by atoms with E-state index in [1.165, 1.54) is 12.1 Å². The molecular weight excluding hydrogens is 397 g/mol. The first kappa shape index (κ1) is 24.0. The van der Waals surface area contributed by atoms with Crippen LogP contribution < -0.4 is 5.32 Å². The van der Waals surface area contributed by atoms with E-state index in [1.54, 1.807) is 18.7 Å². The smallest absolute Gasteiger partial charge is 0.416 e. The standard InChI is InChI=1S/C22H31F3N2O3/c1-20(2,3)30-19(29)27-11-7-8-15(14-27)13-26-18(28)21(4,5)16-9-6-10-17(12-16)22(23,24)25/h6,9-10,12,15H,7-8,11,13-14H2,1-5H3,(H,26,28). The van der Waals surface area contributed by atoms with Crippen LogP contribution in [0.3, 0.4) is 0 Å². The fourth-order valence-electron chi connectivity index (χ4n) is 3.40. The average molecular weight is 428 g/mol. The van der Waals surface area contributed by atoms with E-state index in [0.717, 1.165) is 25.0 Å². The van der Waals surface area contributed by atoms with Crippen LogP contribution in [-0.2, 0) is 21.1 Å². The molecule has 1 fully saturated rings. The predicted molar refractivity (Wildman–Crippen MR) is 108 cm³/mol.